The molecule has 5 heteroatoms. The monoisotopic (exact) mass is 307 g/mol. The molecule has 1 N–H and O–H groups in total. The van der Waals surface area contributed by atoms with Crippen LogP contribution in [0.5, 0.6) is 0 Å². The summed E-state index contributed by atoms with van der Waals surface area (Å²) >= 11 is 0. The quantitative estimate of drug-likeness (QED) is 0.740. The Labute approximate surface area is 130 Å². The van der Waals surface area contributed by atoms with Crippen molar-refractivity contribution < 1.29 is 19.4 Å². The Hall–Kier alpha value is -0.650. The molecule has 5 aliphatic heterocycles. The molecule has 6 rings (SSSR count). The number of esters is 1. The van der Waals surface area contributed by atoms with Crippen molar-refractivity contribution in [3.63, 3.8) is 0 Å². The van der Waals surface area contributed by atoms with Gasteiger partial charge < -0.3 is 14.6 Å². The van der Waals surface area contributed by atoms with E-state index in [0.717, 1.165) is 45.2 Å². The minimum atomic E-state index is -0.888. The van der Waals surface area contributed by atoms with Crippen LogP contribution < -0.4 is 0 Å². The van der Waals surface area contributed by atoms with Crippen molar-refractivity contribution in [2.24, 2.45) is 17.8 Å². The summed E-state index contributed by atoms with van der Waals surface area (Å²) < 4.78 is 12.4. The van der Waals surface area contributed by atoms with Crippen LogP contribution in [0.3, 0.4) is 0 Å². The number of hydrogen-bond acceptors (Lipinski definition) is 5. The maximum absolute atomic E-state index is 12.2. The van der Waals surface area contributed by atoms with Crippen LogP contribution in [0.1, 0.15) is 46.0 Å². The van der Waals surface area contributed by atoms with E-state index >= 15 is 0 Å². The van der Waals surface area contributed by atoms with E-state index in [1.807, 2.05) is 6.92 Å². The van der Waals surface area contributed by atoms with Crippen molar-refractivity contribution in [1.82, 2.24) is 4.90 Å². The highest BCUT2D eigenvalue weighted by Gasteiger charge is 2.89. The zero-order chi connectivity index (χ0) is 15.3. The fourth-order valence-electron chi connectivity index (χ4n) is 6.75. The minimum absolute atomic E-state index is 0.0000694. The molecule has 122 valence electrons. The molecular formula is C17H25NO4. The number of carbonyl (C=O) groups is 1. The molecule has 1 aliphatic carbocycles. The molecule has 22 heavy (non-hydrogen) atoms. The van der Waals surface area contributed by atoms with E-state index in [4.69, 9.17) is 9.47 Å². The first-order chi connectivity index (χ1) is 10.5. The normalized spacial score (nSPS) is 59.3. The van der Waals surface area contributed by atoms with Gasteiger partial charge in [0.15, 0.2) is 5.72 Å². The van der Waals surface area contributed by atoms with E-state index in [0.29, 0.717) is 0 Å². The number of ether oxygens (including phenoxy) is 2. The third kappa shape index (κ3) is 1.09. The van der Waals surface area contributed by atoms with Crippen LogP contribution in [-0.4, -0.2) is 52.1 Å². The number of nitrogens with zero attached hydrogens (tertiary/aromatic N) is 1. The molecule has 0 unspecified atom stereocenters. The van der Waals surface area contributed by atoms with Gasteiger partial charge in [0, 0.05) is 24.9 Å². The molecule has 5 heterocycles. The smallest absolute Gasteiger partial charge is 0.309 e. The van der Waals surface area contributed by atoms with Gasteiger partial charge in [-0.15, -0.1) is 0 Å². The van der Waals surface area contributed by atoms with Crippen LogP contribution in [-0.2, 0) is 14.3 Å². The first kappa shape index (κ1) is 13.8. The van der Waals surface area contributed by atoms with Gasteiger partial charge >= 0.3 is 5.97 Å². The molecular weight excluding hydrogens is 282 g/mol. The molecule has 0 amide bonds. The Balaban J connectivity index is 1.71. The van der Waals surface area contributed by atoms with Crippen LogP contribution in [0.2, 0.25) is 0 Å². The molecule has 5 nitrogen and oxygen atoms in total. The van der Waals surface area contributed by atoms with Crippen LogP contribution in [0.25, 0.3) is 0 Å². The van der Waals surface area contributed by atoms with Crippen molar-refractivity contribution in [1.29, 1.82) is 0 Å². The molecule has 6 aliphatic rings. The van der Waals surface area contributed by atoms with Crippen molar-refractivity contribution in [2.45, 2.75) is 69.0 Å². The van der Waals surface area contributed by atoms with E-state index < -0.39 is 16.9 Å². The van der Waals surface area contributed by atoms with E-state index in [2.05, 4.69) is 11.8 Å². The van der Waals surface area contributed by atoms with Gasteiger partial charge in [-0.1, -0.05) is 13.8 Å². The lowest BCUT2D eigenvalue weighted by atomic mass is 9.48. The third-order valence-electron chi connectivity index (χ3n) is 7.47. The fraction of sp³-hybridized carbons (Fsp3) is 0.941. The number of rotatable bonds is 1. The Morgan fingerprint density at radius 2 is 2.09 bits per heavy atom. The summed E-state index contributed by atoms with van der Waals surface area (Å²) in [5.74, 6) is -0.173. The molecule has 1 saturated carbocycles. The predicted octanol–water partition coefficient (Wildman–Crippen LogP) is 1.29. The standard InChI is InChI=1S/C17H25NO4/c1-3-11-13-12(10(2)14(19)21-13)16-7-9-18-8-5-4-6-15(11,22-16)17(16,18)20/h10-13,20H,3-9H2,1-2H3/t10-,11-,12-,13-,15+,16-,17-/m0/s1. The number of hydrogen-bond donors (Lipinski definition) is 1. The molecule has 0 aromatic carbocycles. The summed E-state index contributed by atoms with van der Waals surface area (Å²) in [7, 11) is 0. The largest absolute Gasteiger partial charge is 0.461 e. The van der Waals surface area contributed by atoms with Gasteiger partial charge in [0.2, 0.25) is 0 Å². The number of aliphatic hydroxyl groups is 1. The zero-order valence-electron chi connectivity index (χ0n) is 13.4. The highest BCUT2D eigenvalue weighted by molar-refractivity contribution is 5.76. The SMILES string of the molecule is CC[C@H]1[C@@H]2OC(=O)[C@@H](C)[C@@H]2[C@]23CCN4CCCC[C@]1(O2)[C@@]43O. The molecule has 5 saturated heterocycles. The van der Waals surface area contributed by atoms with E-state index in [9.17, 15) is 9.90 Å². The second-order valence-corrected chi connectivity index (χ2v) is 7.98. The topological polar surface area (TPSA) is 59.0 Å². The maximum atomic E-state index is 12.2. The van der Waals surface area contributed by atoms with Crippen LogP contribution in [0.4, 0.5) is 0 Å². The summed E-state index contributed by atoms with van der Waals surface area (Å²) in [6.07, 6.45) is 4.71. The van der Waals surface area contributed by atoms with Gasteiger partial charge in [-0.25, -0.2) is 0 Å². The Morgan fingerprint density at radius 1 is 1.27 bits per heavy atom. The van der Waals surface area contributed by atoms with Crippen LogP contribution >= 0.6 is 0 Å². The predicted molar refractivity (Wildman–Crippen MR) is 77.9 cm³/mol. The molecule has 6 fully saturated rings. The average Bonchev–Trinajstić information content (AvgIpc) is 2.88. The third-order valence-corrected chi connectivity index (χ3v) is 7.47. The summed E-state index contributed by atoms with van der Waals surface area (Å²) in [6, 6.07) is 0. The van der Waals surface area contributed by atoms with Gasteiger partial charge in [0.25, 0.3) is 0 Å². The molecule has 7 atom stereocenters. The molecule has 2 bridgehead atoms. The first-order valence-electron chi connectivity index (χ1n) is 8.90. The summed E-state index contributed by atoms with van der Waals surface area (Å²) in [5, 5.41) is 11.9. The second kappa shape index (κ2) is 3.87. The lowest BCUT2D eigenvalue weighted by molar-refractivity contribution is -0.487. The highest BCUT2D eigenvalue weighted by Crippen LogP contribution is 2.73. The van der Waals surface area contributed by atoms with E-state index in [-0.39, 0.29) is 29.8 Å². The number of carbonyl (C=O) groups excluding carboxylic acids is 1. The highest BCUT2D eigenvalue weighted by atomic mass is 16.6. The van der Waals surface area contributed by atoms with Crippen molar-refractivity contribution in [3.05, 3.63) is 0 Å². The van der Waals surface area contributed by atoms with Gasteiger partial charge in [-0.05, 0) is 32.1 Å². The zero-order valence-corrected chi connectivity index (χ0v) is 13.4. The molecule has 0 aromatic heterocycles. The fourth-order valence-corrected chi connectivity index (χ4v) is 6.75. The van der Waals surface area contributed by atoms with Crippen LogP contribution in [0.15, 0.2) is 0 Å². The van der Waals surface area contributed by atoms with Crippen LogP contribution in [0, 0.1) is 17.8 Å². The summed E-state index contributed by atoms with van der Waals surface area (Å²) in [5.41, 5.74) is -2.00. The Morgan fingerprint density at radius 3 is 2.86 bits per heavy atom. The summed E-state index contributed by atoms with van der Waals surface area (Å²) in [6.45, 7) is 5.90. The van der Waals surface area contributed by atoms with Gasteiger partial charge in [-0.3, -0.25) is 9.69 Å². The lowest BCUT2D eigenvalue weighted by Gasteiger charge is -2.75. The Kier molecular flexibility index (Phi) is 2.42. The van der Waals surface area contributed by atoms with E-state index in [1.54, 1.807) is 0 Å². The maximum Gasteiger partial charge on any atom is 0.309 e. The van der Waals surface area contributed by atoms with Gasteiger partial charge in [0.1, 0.15) is 17.3 Å². The Bertz CT molecular complexity index is 553. The van der Waals surface area contributed by atoms with Crippen molar-refractivity contribution >= 4 is 5.97 Å². The molecule has 0 aromatic rings. The molecule has 2 spiro atoms. The molecule has 0 radical (unpaired) electrons. The van der Waals surface area contributed by atoms with Crippen molar-refractivity contribution in [2.75, 3.05) is 13.1 Å². The van der Waals surface area contributed by atoms with Gasteiger partial charge in [-0.2, -0.15) is 0 Å². The summed E-state index contributed by atoms with van der Waals surface area (Å²) in [4.78, 5) is 14.5. The van der Waals surface area contributed by atoms with Gasteiger partial charge in [0.05, 0.1) is 5.92 Å². The average molecular weight is 307 g/mol. The van der Waals surface area contributed by atoms with E-state index in [1.165, 1.54) is 0 Å². The second-order valence-electron chi connectivity index (χ2n) is 7.98. The minimum Gasteiger partial charge on any atom is -0.461 e. The first-order valence-corrected chi connectivity index (χ1v) is 8.90. The van der Waals surface area contributed by atoms with Crippen molar-refractivity contribution in [3.8, 4) is 0 Å². The lowest BCUT2D eigenvalue weighted by Crippen LogP contribution is -2.91.